The van der Waals surface area contributed by atoms with E-state index in [0.717, 1.165) is 23.1 Å². The second-order valence-corrected chi connectivity index (χ2v) is 8.49. The molecule has 0 fully saturated rings. The van der Waals surface area contributed by atoms with Crippen LogP contribution in [0.1, 0.15) is 33.2 Å². The lowest BCUT2D eigenvalue weighted by Gasteiger charge is -2.17. The van der Waals surface area contributed by atoms with Gasteiger partial charge in [0.15, 0.2) is 5.69 Å². The molecule has 0 aliphatic heterocycles. The SMILES string of the molecule is Cc1ccc(CCN[C@H](C(=O)c2nnn3cc(-c4cnn(C)c4)ccc23)c2ccccc2)cc1. The first-order valence-electron chi connectivity index (χ1n) is 11.3. The average Bonchev–Trinajstić information content (AvgIpc) is 3.49. The molecule has 0 aliphatic carbocycles. The van der Waals surface area contributed by atoms with Gasteiger partial charge in [0.2, 0.25) is 5.78 Å². The van der Waals surface area contributed by atoms with Crippen LogP contribution in [-0.4, -0.2) is 36.9 Å². The summed E-state index contributed by atoms with van der Waals surface area (Å²) in [7, 11) is 1.88. The Morgan fingerprint density at radius 1 is 0.971 bits per heavy atom. The Bertz CT molecular complexity index is 1420. The molecule has 0 radical (unpaired) electrons. The second-order valence-electron chi connectivity index (χ2n) is 8.49. The van der Waals surface area contributed by atoms with Gasteiger partial charge in [0.25, 0.3) is 0 Å². The van der Waals surface area contributed by atoms with Crippen LogP contribution in [0.2, 0.25) is 0 Å². The first kappa shape index (κ1) is 21.7. The third-order valence-electron chi connectivity index (χ3n) is 5.96. The molecule has 0 bridgehead atoms. The zero-order valence-corrected chi connectivity index (χ0v) is 19.2. The molecular formula is C27H26N6O. The second kappa shape index (κ2) is 9.41. The third-order valence-corrected chi connectivity index (χ3v) is 5.96. The summed E-state index contributed by atoms with van der Waals surface area (Å²) in [4.78, 5) is 13.7. The zero-order valence-electron chi connectivity index (χ0n) is 19.2. The molecule has 0 saturated heterocycles. The predicted molar refractivity (Wildman–Crippen MR) is 132 cm³/mol. The number of aromatic nitrogens is 5. The summed E-state index contributed by atoms with van der Waals surface area (Å²) in [6.07, 6.45) is 6.44. The van der Waals surface area contributed by atoms with Gasteiger partial charge in [-0.3, -0.25) is 9.48 Å². The van der Waals surface area contributed by atoms with E-state index in [1.165, 1.54) is 11.1 Å². The number of nitrogens with one attached hydrogen (secondary N) is 1. The Labute approximate surface area is 198 Å². The number of nitrogens with zero attached hydrogens (tertiary/aromatic N) is 5. The summed E-state index contributed by atoms with van der Waals surface area (Å²) in [5.74, 6) is -0.0979. The van der Waals surface area contributed by atoms with Gasteiger partial charge in [0, 0.05) is 37.1 Å². The smallest absolute Gasteiger partial charge is 0.206 e. The van der Waals surface area contributed by atoms with Crippen LogP contribution >= 0.6 is 0 Å². The molecule has 7 nitrogen and oxygen atoms in total. The highest BCUT2D eigenvalue weighted by molar-refractivity contribution is 6.04. The molecule has 7 heteroatoms. The molecule has 0 amide bonds. The number of Topliss-reactive ketones (excluding diaryl/α,β-unsaturated/α-hetero) is 1. The summed E-state index contributed by atoms with van der Waals surface area (Å²) >= 11 is 0. The maximum Gasteiger partial charge on any atom is 0.206 e. The summed E-state index contributed by atoms with van der Waals surface area (Å²) in [5.41, 5.74) is 6.35. The Morgan fingerprint density at radius 3 is 2.50 bits per heavy atom. The van der Waals surface area contributed by atoms with Gasteiger partial charge >= 0.3 is 0 Å². The van der Waals surface area contributed by atoms with Gasteiger partial charge < -0.3 is 5.32 Å². The van der Waals surface area contributed by atoms with Crippen molar-refractivity contribution in [2.45, 2.75) is 19.4 Å². The molecule has 0 unspecified atom stereocenters. The minimum absolute atomic E-state index is 0.0979. The largest absolute Gasteiger partial charge is 0.303 e. The number of pyridine rings is 1. The quantitative estimate of drug-likeness (QED) is 0.359. The van der Waals surface area contributed by atoms with E-state index in [9.17, 15) is 4.79 Å². The Balaban J connectivity index is 1.40. The van der Waals surface area contributed by atoms with E-state index in [2.05, 4.69) is 51.9 Å². The van der Waals surface area contributed by atoms with E-state index >= 15 is 0 Å². The monoisotopic (exact) mass is 450 g/mol. The van der Waals surface area contributed by atoms with E-state index in [0.29, 0.717) is 17.8 Å². The van der Waals surface area contributed by atoms with Crippen molar-refractivity contribution < 1.29 is 4.79 Å². The van der Waals surface area contributed by atoms with Crippen molar-refractivity contribution >= 4 is 11.3 Å². The van der Waals surface area contributed by atoms with Crippen LogP contribution in [0.15, 0.2) is 85.3 Å². The summed E-state index contributed by atoms with van der Waals surface area (Å²) < 4.78 is 3.41. The molecule has 1 N–H and O–H groups in total. The maximum absolute atomic E-state index is 13.7. The highest BCUT2D eigenvalue weighted by Crippen LogP contribution is 2.23. The van der Waals surface area contributed by atoms with E-state index in [-0.39, 0.29) is 5.78 Å². The highest BCUT2D eigenvalue weighted by Gasteiger charge is 2.26. The number of carbonyl (C=O) groups excluding carboxylic acids is 1. The van der Waals surface area contributed by atoms with Crippen molar-refractivity contribution in [1.29, 1.82) is 0 Å². The van der Waals surface area contributed by atoms with Crippen molar-refractivity contribution in [1.82, 2.24) is 29.9 Å². The van der Waals surface area contributed by atoms with Crippen LogP contribution in [0.4, 0.5) is 0 Å². The summed E-state index contributed by atoms with van der Waals surface area (Å²) in [6, 6.07) is 21.6. The molecule has 170 valence electrons. The molecule has 0 aliphatic rings. The molecule has 3 heterocycles. The maximum atomic E-state index is 13.7. The van der Waals surface area contributed by atoms with E-state index < -0.39 is 6.04 Å². The molecule has 0 spiro atoms. The van der Waals surface area contributed by atoms with Crippen LogP contribution in [0.5, 0.6) is 0 Å². The van der Waals surface area contributed by atoms with Crippen molar-refractivity contribution in [2.24, 2.45) is 7.05 Å². The number of hydrogen-bond donors (Lipinski definition) is 1. The predicted octanol–water partition coefficient (Wildman–Crippen LogP) is 4.19. The standard InChI is InChI=1S/C27H26N6O/c1-19-8-10-20(11-9-19)14-15-28-25(21-6-4-3-5-7-21)27(34)26-24-13-12-22(18-33(24)31-30-26)23-16-29-32(2)17-23/h3-13,16-18,25,28H,14-15H2,1-2H3/t25-/m0/s1. The number of carbonyl (C=O) groups is 1. The summed E-state index contributed by atoms with van der Waals surface area (Å²) in [6.45, 7) is 2.74. The van der Waals surface area contributed by atoms with E-state index in [1.54, 1.807) is 15.4 Å². The normalized spacial score (nSPS) is 12.2. The van der Waals surface area contributed by atoms with Crippen LogP contribution in [0, 0.1) is 6.92 Å². The van der Waals surface area contributed by atoms with E-state index in [4.69, 9.17) is 0 Å². The number of hydrogen-bond acceptors (Lipinski definition) is 5. The molecule has 1 atom stereocenters. The molecular weight excluding hydrogens is 424 g/mol. The fourth-order valence-electron chi connectivity index (χ4n) is 4.07. The molecule has 34 heavy (non-hydrogen) atoms. The molecule has 2 aromatic carbocycles. The van der Waals surface area contributed by atoms with E-state index in [1.807, 2.05) is 61.9 Å². The number of rotatable bonds is 8. The van der Waals surface area contributed by atoms with Gasteiger partial charge in [-0.15, -0.1) is 5.10 Å². The first-order chi connectivity index (χ1) is 16.6. The number of benzene rings is 2. The number of ketones is 1. The molecule has 0 saturated carbocycles. The van der Waals surface area contributed by atoms with Crippen LogP contribution in [0.25, 0.3) is 16.6 Å². The molecule has 5 aromatic rings. The van der Waals surface area contributed by atoms with Gasteiger partial charge in [0.1, 0.15) is 0 Å². The molecule has 3 aromatic heterocycles. The minimum Gasteiger partial charge on any atom is -0.303 e. The zero-order chi connectivity index (χ0) is 23.5. The lowest BCUT2D eigenvalue weighted by atomic mass is 9.99. The first-order valence-corrected chi connectivity index (χ1v) is 11.3. The average molecular weight is 451 g/mol. The lowest BCUT2D eigenvalue weighted by Crippen LogP contribution is -2.30. The highest BCUT2D eigenvalue weighted by atomic mass is 16.1. The van der Waals surface area contributed by atoms with Gasteiger partial charge in [-0.25, -0.2) is 4.52 Å². The number of fused-ring (bicyclic) bond motifs is 1. The minimum atomic E-state index is -0.509. The topological polar surface area (TPSA) is 77.1 Å². The van der Waals surface area contributed by atoms with Crippen LogP contribution in [0.3, 0.4) is 0 Å². The Hall–Kier alpha value is -4.10. The van der Waals surface area contributed by atoms with Crippen molar-refractivity contribution in [3.63, 3.8) is 0 Å². The van der Waals surface area contributed by atoms with Gasteiger partial charge in [-0.2, -0.15) is 5.10 Å². The van der Waals surface area contributed by atoms with Gasteiger partial charge in [-0.1, -0.05) is 71.4 Å². The fraction of sp³-hybridized carbons (Fsp3) is 0.185. The number of aryl methyl sites for hydroxylation is 2. The van der Waals surface area contributed by atoms with Crippen molar-refractivity contribution in [3.05, 3.63) is 108 Å². The van der Waals surface area contributed by atoms with Crippen LogP contribution < -0.4 is 5.32 Å². The Kier molecular flexibility index (Phi) is 6.01. The fourth-order valence-corrected chi connectivity index (χ4v) is 4.07. The van der Waals surface area contributed by atoms with Gasteiger partial charge in [-0.05, 0) is 30.5 Å². The van der Waals surface area contributed by atoms with Crippen LogP contribution in [-0.2, 0) is 13.5 Å². The van der Waals surface area contributed by atoms with Crippen molar-refractivity contribution in [2.75, 3.05) is 6.54 Å². The van der Waals surface area contributed by atoms with Crippen molar-refractivity contribution in [3.8, 4) is 11.1 Å². The summed E-state index contributed by atoms with van der Waals surface area (Å²) in [5, 5.41) is 16.2. The van der Waals surface area contributed by atoms with Gasteiger partial charge in [0.05, 0.1) is 17.8 Å². The lowest BCUT2D eigenvalue weighted by molar-refractivity contribution is 0.0939. The Morgan fingerprint density at radius 2 is 1.76 bits per heavy atom. The third kappa shape index (κ3) is 4.51. The molecule has 5 rings (SSSR count).